The quantitative estimate of drug-likeness (QED) is 0.507. The van der Waals surface area contributed by atoms with E-state index in [1.165, 1.54) is 0 Å². The Labute approximate surface area is 83.9 Å². The van der Waals surface area contributed by atoms with Crippen LogP contribution in [-0.2, 0) is 9.47 Å². The lowest BCUT2D eigenvalue weighted by molar-refractivity contribution is -0.116. The highest BCUT2D eigenvalue weighted by Gasteiger charge is 2.23. The molecule has 0 fully saturated rings. The van der Waals surface area contributed by atoms with E-state index in [9.17, 15) is 0 Å². The summed E-state index contributed by atoms with van der Waals surface area (Å²) >= 11 is 0. The van der Waals surface area contributed by atoms with Gasteiger partial charge < -0.3 is 25.6 Å². The topological polar surface area (TPSA) is 76.7 Å². The van der Waals surface area contributed by atoms with Gasteiger partial charge in [-0.05, 0) is 12.5 Å². The van der Waals surface area contributed by atoms with Crippen molar-refractivity contribution in [3.05, 3.63) is 11.8 Å². The molecule has 0 spiro atoms. The Morgan fingerprint density at radius 2 is 2.57 bits per heavy atom. The van der Waals surface area contributed by atoms with E-state index in [0.29, 0.717) is 13.1 Å². The average molecular weight is 202 g/mol. The van der Waals surface area contributed by atoms with Crippen LogP contribution in [0.15, 0.2) is 11.8 Å². The second-order valence-corrected chi connectivity index (χ2v) is 3.19. The molecule has 0 bridgehead atoms. The van der Waals surface area contributed by atoms with Crippen LogP contribution in [0.1, 0.15) is 6.42 Å². The van der Waals surface area contributed by atoms with Crippen LogP contribution in [-0.4, -0.2) is 44.2 Å². The molecule has 5 nitrogen and oxygen atoms in total. The molecule has 1 aliphatic heterocycles. The average Bonchev–Trinajstić information content (AvgIpc) is 2.21. The normalized spacial score (nSPS) is 26.9. The number of methoxy groups -OCH3 is 1. The first-order valence-electron chi connectivity index (χ1n) is 4.73. The molecule has 1 aliphatic rings. The minimum atomic E-state index is -0.356. The first kappa shape index (κ1) is 11.5. The van der Waals surface area contributed by atoms with Gasteiger partial charge in [0.1, 0.15) is 5.76 Å². The Hall–Kier alpha value is -0.620. The fourth-order valence-corrected chi connectivity index (χ4v) is 1.29. The molecule has 82 valence electrons. The van der Waals surface area contributed by atoms with Gasteiger partial charge in [-0.1, -0.05) is 0 Å². The fourth-order valence-electron chi connectivity index (χ4n) is 1.29. The maximum atomic E-state index is 8.57. The minimum absolute atomic E-state index is 0.0957. The van der Waals surface area contributed by atoms with Crippen LogP contribution < -0.4 is 11.1 Å². The van der Waals surface area contributed by atoms with Crippen LogP contribution in [0.3, 0.4) is 0 Å². The second kappa shape index (κ2) is 5.98. The Bertz CT molecular complexity index is 196. The first-order valence-corrected chi connectivity index (χ1v) is 4.73. The summed E-state index contributed by atoms with van der Waals surface area (Å²) in [4.78, 5) is 0. The lowest BCUT2D eigenvalue weighted by Crippen LogP contribution is -2.41. The van der Waals surface area contributed by atoms with Gasteiger partial charge in [0.25, 0.3) is 0 Å². The van der Waals surface area contributed by atoms with Crippen molar-refractivity contribution in [2.75, 3.05) is 26.8 Å². The van der Waals surface area contributed by atoms with Crippen molar-refractivity contribution in [3.8, 4) is 0 Å². The molecule has 0 aliphatic carbocycles. The van der Waals surface area contributed by atoms with Crippen molar-refractivity contribution in [1.82, 2.24) is 5.32 Å². The second-order valence-electron chi connectivity index (χ2n) is 3.19. The number of aliphatic hydroxyl groups is 1. The largest absolute Gasteiger partial charge is 0.467 e. The lowest BCUT2D eigenvalue weighted by Gasteiger charge is -2.28. The molecular formula is C9H18N2O3. The maximum absolute atomic E-state index is 8.57. The highest BCUT2D eigenvalue weighted by atomic mass is 16.7. The predicted molar refractivity (Wildman–Crippen MR) is 52.5 cm³/mol. The van der Waals surface area contributed by atoms with Crippen molar-refractivity contribution in [2.45, 2.75) is 18.8 Å². The molecule has 5 heteroatoms. The van der Waals surface area contributed by atoms with Crippen LogP contribution in [0.2, 0.25) is 0 Å². The molecule has 0 saturated heterocycles. The highest BCUT2D eigenvalue weighted by Crippen LogP contribution is 2.15. The van der Waals surface area contributed by atoms with Crippen molar-refractivity contribution >= 4 is 0 Å². The summed E-state index contributed by atoms with van der Waals surface area (Å²) in [6.45, 7) is 1.29. The number of hydrogen-bond acceptors (Lipinski definition) is 5. The number of ether oxygens (including phenoxy) is 2. The van der Waals surface area contributed by atoms with E-state index >= 15 is 0 Å². The number of rotatable bonds is 5. The van der Waals surface area contributed by atoms with Gasteiger partial charge >= 0.3 is 0 Å². The standard InChI is InChI=1S/C9H18N2O3/c1-13-9-8(10)3-2-7(14-9)6-11-4-5-12/h2,8-9,11-12H,3-6,10H2,1H3/t8-,9+/m1/s1. The third-order valence-electron chi connectivity index (χ3n) is 2.05. The van der Waals surface area contributed by atoms with Gasteiger partial charge in [-0.25, -0.2) is 0 Å². The molecule has 1 rings (SSSR count). The van der Waals surface area contributed by atoms with Crippen molar-refractivity contribution in [1.29, 1.82) is 0 Å². The molecule has 4 N–H and O–H groups in total. The summed E-state index contributed by atoms with van der Waals surface area (Å²) in [7, 11) is 1.58. The third kappa shape index (κ3) is 3.26. The SMILES string of the molecule is CO[C@H]1OC(CNCCO)=CC[C@H]1N. The number of nitrogens with two attached hydrogens (primary N) is 1. The monoisotopic (exact) mass is 202 g/mol. The molecule has 0 radical (unpaired) electrons. The summed E-state index contributed by atoms with van der Waals surface area (Å²) in [5.41, 5.74) is 5.75. The van der Waals surface area contributed by atoms with Crippen molar-refractivity contribution < 1.29 is 14.6 Å². The van der Waals surface area contributed by atoms with Gasteiger partial charge in [-0.3, -0.25) is 0 Å². The molecule has 1 heterocycles. The zero-order valence-electron chi connectivity index (χ0n) is 8.40. The van der Waals surface area contributed by atoms with Crippen molar-refractivity contribution in [3.63, 3.8) is 0 Å². The highest BCUT2D eigenvalue weighted by molar-refractivity contribution is 5.02. The van der Waals surface area contributed by atoms with Gasteiger partial charge in [0.2, 0.25) is 6.29 Å². The summed E-state index contributed by atoms with van der Waals surface area (Å²) in [6, 6.07) is -0.0957. The number of aliphatic hydroxyl groups excluding tert-OH is 1. The molecular weight excluding hydrogens is 184 g/mol. The summed E-state index contributed by atoms with van der Waals surface area (Å²) in [6.07, 6.45) is 2.35. The minimum Gasteiger partial charge on any atom is -0.467 e. The van der Waals surface area contributed by atoms with Crippen LogP contribution >= 0.6 is 0 Å². The van der Waals surface area contributed by atoms with E-state index in [0.717, 1.165) is 12.2 Å². The third-order valence-corrected chi connectivity index (χ3v) is 2.05. The number of hydrogen-bond donors (Lipinski definition) is 3. The lowest BCUT2D eigenvalue weighted by atomic mass is 10.1. The molecule has 0 aromatic rings. The van der Waals surface area contributed by atoms with Gasteiger partial charge in [0, 0.05) is 13.7 Å². The van der Waals surface area contributed by atoms with Gasteiger partial charge in [-0.2, -0.15) is 0 Å². The van der Waals surface area contributed by atoms with E-state index in [4.69, 9.17) is 20.3 Å². The molecule has 0 unspecified atom stereocenters. The van der Waals surface area contributed by atoms with E-state index in [1.54, 1.807) is 7.11 Å². The first-order chi connectivity index (χ1) is 6.77. The van der Waals surface area contributed by atoms with Crippen LogP contribution in [0.5, 0.6) is 0 Å². The van der Waals surface area contributed by atoms with Crippen molar-refractivity contribution in [2.24, 2.45) is 5.73 Å². The number of nitrogens with one attached hydrogen (secondary N) is 1. The molecule has 2 atom stereocenters. The smallest absolute Gasteiger partial charge is 0.214 e. The van der Waals surface area contributed by atoms with Crippen LogP contribution in [0.25, 0.3) is 0 Å². The predicted octanol–water partition coefficient (Wildman–Crippen LogP) is -0.828. The Kier molecular flexibility index (Phi) is 4.89. The fraction of sp³-hybridized carbons (Fsp3) is 0.778. The molecule has 0 amide bonds. The van der Waals surface area contributed by atoms with E-state index in [1.807, 2.05) is 6.08 Å². The summed E-state index contributed by atoms with van der Waals surface area (Å²) in [5, 5.41) is 11.6. The Balaban J connectivity index is 2.32. The zero-order valence-corrected chi connectivity index (χ0v) is 8.40. The molecule has 0 aromatic carbocycles. The zero-order chi connectivity index (χ0) is 10.4. The van der Waals surface area contributed by atoms with E-state index in [2.05, 4.69) is 5.32 Å². The van der Waals surface area contributed by atoms with Gasteiger partial charge in [0.15, 0.2) is 0 Å². The van der Waals surface area contributed by atoms with Gasteiger partial charge in [0.05, 0.1) is 19.2 Å². The van der Waals surface area contributed by atoms with Crippen LogP contribution in [0, 0.1) is 0 Å². The van der Waals surface area contributed by atoms with Crippen LogP contribution in [0.4, 0.5) is 0 Å². The Morgan fingerprint density at radius 3 is 3.21 bits per heavy atom. The van der Waals surface area contributed by atoms with Gasteiger partial charge in [-0.15, -0.1) is 0 Å². The molecule has 14 heavy (non-hydrogen) atoms. The maximum Gasteiger partial charge on any atom is 0.214 e. The summed E-state index contributed by atoms with van der Waals surface area (Å²) < 4.78 is 10.5. The molecule has 0 saturated carbocycles. The summed E-state index contributed by atoms with van der Waals surface area (Å²) in [5.74, 6) is 0.826. The van der Waals surface area contributed by atoms with E-state index in [-0.39, 0.29) is 18.9 Å². The van der Waals surface area contributed by atoms with E-state index < -0.39 is 0 Å². The molecule has 0 aromatic heterocycles. The Morgan fingerprint density at radius 1 is 1.79 bits per heavy atom.